The number of carbonyl (C=O) groups excluding carboxylic acids is 2. The Kier molecular flexibility index (Phi) is 8.07. The third-order valence-electron chi connectivity index (χ3n) is 4.71. The van der Waals surface area contributed by atoms with Gasteiger partial charge in [0, 0.05) is 17.7 Å². The quantitative estimate of drug-likeness (QED) is 0.0734. The van der Waals surface area contributed by atoms with Crippen LogP contribution in [0.4, 0.5) is 5.69 Å². The second-order valence-electron chi connectivity index (χ2n) is 7.19. The van der Waals surface area contributed by atoms with Crippen LogP contribution < -0.4 is 9.47 Å². The molecule has 0 unspecified atom stereocenters. The number of esters is 1. The summed E-state index contributed by atoms with van der Waals surface area (Å²) in [5.41, 5.74) is 1.28. The van der Waals surface area contributed by atoms with Crippen LogP contribution in [0.25, 0.3) is 6.08 Å². The van der Waals surface area contributed by atoms with Crippen molar-refractivity contribution in [1.29, 1.82) is 0 Å². The Hall–Kier alpha value is -4.26. The second kappa shape index (κ2) is 11.4. The molecule has 3 aromatic rings. The Morgan fingerprint density at radius 3 is 2.27 bits per heavy atom. The summed E-state index contributed by atoms with van der Waals surface area (Å²) in [4.78, 5) is 35.1. The SMILES string of the molecule is CCCCOc1ccc(C(=O)Oc2ccc(C(=O)/C=C/c3cccc([N+](=O)[O-])c3)cc2)cc1. The van der Waals surface area contributed by atoms with Crippen LogP contribution in [-0.4, -0.2) is 23.3 Å². The number of rotatable bonds is 10. The van der Waals surface area contributed by atoms with E-state index in [2.05, 4.69) is 6.92 Å². The van der Waals surface area contributed by atoms with Gasteiger partial charge in [0.05, 0.1) is 17.1 Å². The van der Waals surface area contributed by atoms with E-state index in [9.17, 15) is 19.7 Å². The highest BCUT2D eigenvalue weighted by Crippen LogP contribution is 2.18. The van der Waals surface area contributed by atoms with Crippen LogP contribution in [-0.2, 0) is 0 Å². The summed E-state index contributed by atoms with van der Waals surface area (Å²) in [5.74, 6) is 0.210. The third-order valence-corrected chi connectivity index (χ3v) is 4.71. The summed E-state index contributed by atoms with van der Waals surface area (Å²) in [6.45, 7) is 2.72. The maximum atomic E-state index is 12.4. The van der Waals surface area contributed by atoms with Gasteiger partial charge in [-0.1, -0.05) is 31.6 Å². The standard InChI is InChI=1S/C26H23NO6/c1-2-3-17-32-23-12-10-21(11-13-23)26(29)33-24-14-8-20(9-15-24)25(28)16-7-19-5-4-6-22(18-19)27(30)31/h4-16,18H,2-3,17H2,1H3/b16-7+. The highest BCUT2D eigenvalue weighted by molar-refractivity contribution is 6.06. The maximum absolute atomic E-state index is 12.4. The van der Waals surface area contributed by atoms with Crippen LogP contribution in [0.5, 0.6) is 11.5 Å². The molecule has 0 saturated heterocycles. The van der Waals surface area contributed by atoms with Crippen LogP contribution >= 0.6 is 0 Å². The van der Waals surface area contributed by atoms with Gasteiger partial charge in [-0.15, -0.1) is 0 Å². The molecule has 3 rings (SSSR count). The number of carbonyl (C=O) groups is 2. The highest BCUT2D eigenvalue weighted by Gasteiger charge is 2.10. The van der Waals surface area contributed by atoms with Crippen molar-refractivity contribution >= 4 is 23.5 Å². The van der Waals surface area contributed by atoms with Crippen LogP contribution in [0.3, 0.4) is 0 Å². The predicted octanol–water partition coefficient (Wildman–Crippen LogP) is 5.89. The minimum absolute atomic E-state index is 0.0468. The van der Waals surface area contributed by atoms with E-state index in [1.165, 1.54) is 36.4 Å². The van der Waals surface area contributed by atoms with Crippen LogP contribution in [0.2, 0.25) is 0 Å². The molecule has 0 aliphatic heterocycles. The number of benzene rings is 3. The molecule has 0 amide bonds. The van der Waals surface area contributed by atoms with E-state index in [4.69, 9.17) is 9.47 Å². The molecule has 7 nitrogen and oxygen atoms in total. The van der Waals surface area contributed by atoms with Gasteiger partial charge in [0.25, 0.3) is 5.69 Å². The number of nitro benzene ring substituents is 1. The first-order chi connectivity index (χ1) is 16.0. The molecule has 3 aromatic carbocycles. The zero-order valence-corrected chi connectivity index (χ0v) is 18.1. The lowest BCUT2D eigenvalue weighted by Gasteiger charge is -2.07. The molecule has 0 aliphatic carbocycles. The van der Waals surface area contributed by atoms with Crippen LogP contribution in [0.1, 0.15) is 46.0 Å². The molecule has 0 aliphatic rings. The van der Waals surface area contributed by atoms with E-state index in [0.717, 1.165) is 12.8 Å². The van der Waals surface area contributed by atoms with E-state index in [0.29, 0.717) is 34.8 Å². The van der Waals surface area contributed by atoms with Crippen molar-refractivity contribution in [2.24, 2.45) is 0 Å². The fraction of sp³-hybridized carbons (Fsp3) is 0.154. The first-order valence-electron chi connectivity index (χ1n) is 10.5. The molecule has 0 N–H and O–H groups in total. The van der Waals surface area contributed by atoms with E-state index in [1.807, 2.05) is 0 Å². The molecule has 0 radical (unpaired) electrons. The monoisotopic (exact) mass is 445 g/mol. The van der Waals surface area contributed by atoms with Gasteiger partial charge in [-0.25, -0.2) is 4.79 Å². The van der Waals surface area contributed by atoms with Crippen molar-refractivity contribution in [3.63, 3.8) is 0 Å². The van der Waals surface area contributed by atoms with Crippen LogP contribution in [0, 0.1) is 10.1 Å². The lowest BCUT2D eigenvalue weighted by molar-refractivity contribution is -0.384. The smallest absolute Gasteiger partial charge is 0.343 e. The lowest BCUT2D eigenvalue weighted by Crippen LogP contribution is -2.08. The fourth-order valence-electron chi connectivity index (χ4n) is 2.88. The van der Waals surface area contributed by atoms with Crippen molar-refractivity contribution in [2.45, 2.75) is 19.8 Å². The largest absolute Gasteiger partial charge is 0.494 e. The Balaban J connectivity index is 1.58. The number of non-ortho nitro benzene ring substituents is 1. The van der Waals surface area contributed by atoms with E-state index < -0.39 is 10.9 Å². The van der Waals surface area contributed by atoms with Gasteiger partial charge < -0.3 is 9.47 Å². The summed E-state index contributed by atoms with van der Waals surface area (Å²) in [6.07, 6.45) is 4.86. The minimum atomic E-state index is -0.514. The molecular formula is C26H23NO6. The number of hydrogen-bond acceptors (Lipinski definition) is 6. The normalized spacial score (nSPS) is 10.7. The summed E-state index contributed by atoms with van der Waals surface area (Å²) < 4.78 is 10.9. The second-order valence-corrected chi connectivity index (χ2v) is 7.19. The summed E-state index contributed by atoms with van der Waals surface area (Å²) in [6, 6.07) is 18.9. The Bertz CT molecular complexity index is 1150. The number of ether oxygens (including phenoxy) is 2. The van der Waals surface area contributed by atoms with Crippen molar-refractivity contribution in [1.82, 2.24) is 0 Å². The summed E-state index contributed by atoms with van der Waals surface area (Å²) in [7, 11) is 0. The average Bonchev–Trinajstić information content (AvgIpc) is 2.83. The number of hydrogen-bond donors (Lipinski definition) is 0. The van der Waals surface area contributed by atoms with Gasteiger partial charge in [-0.2, -0.15) is 0 Å². The Morgan fingerprint density at radius 2 is 1.61 bits per heavy atom. The first kappa shape index (κ1) is 23.4. The number of nitrogens with zero attached hydrogens (tertiary/aromatic N) is 1. The maximum Gasteiger partial charge on any atom is 0.343 e. The molecule has 7 heteroatoms. The van der Waals surface area contributed by atoms with E-state index in [1.54, 1.807) is 48.5 Å². The van der Waals surface area contributed by atoms with E-state index >= 15 is 0 Å². The zero-order chi connectivity index (χ0) is 23.6. The van der Waals surface area contributed by atoms with Crippen molar-refractivity contribution < 1.29 is 24.0 Å². The van der Waals surface area contributed by atoms with Crippen molar-refractivity contribution in [2.75, 3.05) is 6.61 Å². The zero-order valence-electron chi connectivity index (χ0n) is 18.1. The molecule has 0 aromatic heterocycles. The van der Waals surface area contributed by atoms with Gasteiger partial charge >= 0.3 is 5.97 Å². The molecule has 0 saturated carbocycles. The number of allylic oxidation sites excluding steroid dienone is 1. The molecule has 0 bridgehead atoms. The molecule has 0 fully saturated rings. The first-order valence-corrected chi connectivity index (χ1v) is 10.5. The van der Waals surface area contributed by atoms with Gasteiger partial charge in [0.1, 0.15) is 11.5 Å². The molecule has 0 spiro atoms. The summed E-state index contributed by atoms with van der Waals surface area (Å²) >= 11 is 0. The highest BCUT2D eigenvalue weighted by atomic mass is 16.6. The van der Waals surface area contributed by atoms with Crippen molar-refractivity contribution in [3.05, 3.63) is 106 Å². The topological polar surface area (TPSA) is 95.7 Å². The minimum Gasteiger partial charge on any atom is -0.494 e. The third kappa shape index (κ3) is 6.87. The predicted molar refractivity (Wildman–Crippen MR) is 125 cm³/mol. The van der Waals surface area contributed by atoms with Gasteiger partial charge in [-0.05, 0) is 66.6 Å². The Morgan fingerprint density at radius 1 is 0.939 bits per heavy atom. The summed E-state index contributed by atoms with van der Waals surface area (Å²) in [5, 5.41) is 10.8. The average molecular weight is 445 g/mol. The number of nitro groups is 1. The molecule has 0 atom stereocenters. The molecular weight excluding hydrogens is 422 g/mol. The van der Waals surface area contributed by atoms with Gasteiger partial charge in [-0.3, -0.25) is 14.9 Å². The fourth-order valence-corrected chi connectivity index (χ4v) is 2.88. The number of ketones is 1. The lowest BCUT2D eigenvalue weighted by atomic mass is 10.1. The van der Waals surface area contributed by atoms with Gasteiger partial charge in [0.2, 0.25) is 0 Å². The Labute approximate surface area is 191 Å². The van der Waals surface area contributed by atoms with Gasteiger partial charge in [0.15, 0.2) is 5.78 Å². The van der Waals surface area contributed by atoms with Crippen molar-refractivity contribution in [3.8, 4) is 11.5 Å². The van der Waals surface area contributed by atoms with Crippen LogP contribution in [0.15, 0.2) is 78.9 Å². The molecule has 33 heavy (non-hydrogen) atoms. The molecule has 0 heterocycles. The van der Waals surface area contributed by atoms with E-state index in [-0.39, 0.29) is 11.5 Å². The number of unbranched alkanes of at least 4 members (excludes halogenated alkanes) is 1. The molecule has 168 valence electrons.